The fourth-order valence-electron chi connectivity index (χ4n) is 1.97. The van der Waals surface area contributed by atoms with Gasteiger partial charge in [-0.3, -0.25) is 4.68 Å². The van der Waals surface area contributed by atoms with E-state index in [0.717, 1.165) is 11.3 Å². The predicted molar refractivity (Wildman–Crippen MR) is 67.0 cm³/mol. The predicted octanol–water partition coefficient (Wildman–Crippen LogP) is 1.83. The Labute approximate surface area is 101 Å². The Morgan fingerprint density at radius 1 is 1.35 bits per heavy atom. The molecule has 0 spiro atoms. The lowest BCUT2D eigenvalue weighted by Crippen LogP contribution is -2.30. The molecule has 17 heavy (non-hydrogen) atoms. The molecule has 0 saturated carbocycles. The van der Waals surface area contributed by atoms with E-state index >= 15 is 0 Å². The molecule has 0 amide bonds. The molecule has 2 unspecified atom stereocenters. The second kappa shape index (κ2) is 5.01. The maximum atomic E-state index is 6.05. The largest absolute Gasteiger partial charge is 0.497 e. The molecule has 0 fully saturated rings. The lowest BCUT2D eigenvalue weighted by atomic mass is 10.0. The Balaban J connectivity index is 2.39. The molecule has 1 aromatic carbocycles. The van der Waals surface area contributed by atoms with E-state index in [1.165, 1.54) is 0 Å². The van der Waals surface area contributed by atoms with E-state index in [1.54, 1.807) is 13.3 Å². The van der Waals surface area contributed by atoms with Crippen molar-refractivity contribution in [1.29, 1.82) is 0 Å². The van der Waals surface area contributed by atoms with Gasteiger partial charge < -0.3 is 10.5 Å². The maximum absolute atomic E-state index is 6.05. The molecule has 0 radical (unpaired) electrons. The highest BCUT2D eigenvalue weighted by molar-refractivity contribution is 5.31. The zero-order chi connectivity index (χ0) is 12.3. The van der Waals surface area contributed by atoms with Crippen molar-refractivity contribution < 1.29 is 4.74 Å². The minimum atomic E-state index is -0.0259. The van der Waals surface area contributed by atoms with Crippen LogP contribution in [0.3, 0.4) is 0 Å². The Morgan fingerprint density at radius 3 is 2.76 bits per heavy atom. The van der Waals surface area contributed by atoms with E-state index in [0.29, 0.717) is 0 Å². The van der Waals surface area contributed by atoms with Gasteiger partial charge in [-0.05, 0) is 30.7 Å². The Morgan fingerprint density at radius 2 is 2.18 bits per heavy atom. The van der Waals surface area contributed by atoms with Crippen molar-refractivity contribution in [2.75, 3.05) is 7.11 Å². The summed E-state index contributed by atoms with van der Waals surface area (Å²) in [4.78, 5) is 0. The third-order valence-corrected chi connectivity index (χ3v) is 2.74. The van der Waals surface area contributed by atoms with Crippen molar-refractivity contribution in [2.24, 2.45) is 5.73 Å². The molecular weight excluding hydrogens is 214 g/mol. The van der Waals surface area contributed by atoms with E-state index in [4.69, 9.17) is 10.5 Å². The minimum absolute atomic E-state index is 0.0259. The number of nitrogens with two attached hydrogens (primary N) is 1. The topological polar surface area (TPSA) is 53.1 Å². The first-order valence-electron chi connectivity index (χ1n) is 5.61. The zero-order valence-corrected chi connectivity index (χ0v) is 10.1. The van der Waals surface area contributed by atoms with E-state index < -0.39 is 0 Å². The average Bonchev–Trinajstić information content (AvgIpc) is 2.83. The summed E-state index contributed by atoms with van der Waals surface area (Å²) < 4.78 is 7.11. The zero-order valence-electron chi connectivity index (χ0n) is 10.1. The number of methoxy groups -OCH3 is 1. The summed E-state index contributed by atoms with van der Waals surface area (Å²) >= 11 is 0. The first-order valence-corrected chi connectivity index (χ1v) is 5.61. The summed E-state index contributed by atoms with van der Waals surface area (Å²) in [7, 11) is 1.66. The van der Waals surface area contributed by atoms with Crippen molar-refractivity contribution >= 4 is 0 Å². The van der Waals surface area contributed by atoms with Crippen LogP contribution in [0.4, 0.5) is 0 Å². The van der Waals surface area contributed by atoms with Gasteiger partial charge in [-0.15, -0.1) is 0 Å². The first-order chi connectivity index (χ1) is 8.22. The van der Waals surface area contributed by atoms with Crippen LogP contribution >= 0.6 is 0 Å². The van der Waals surface area contributed by atoms with Crippen LogP contribution in [0, 0.1) is 0 Å². The molecule has 4 heteroatoms. The number of nitrogens with zero attached hydrogens (tertiary/aromatic N) is 2. The van der Waals surface area contributed by atoms with Gasteiger partial charge >= 0.3 is 0 Å². The smallest absolute Gasteiger partial charge is 0.119 e. The lowest BCUT2D eigenvalue weighted by Gasteiger charge is -2.22. The van der Waals surface area contributed by atoms with Gasteiger partial charge in [-0.25, -0.2) is 0 Å². The van der Waals surface area contributed by atoms with E-state index in [-0.39, 0.29) is 12.1 Å². The van der Waals surface area contributed by atoms with E-state index in [1.807, 2.05) is 48.1 Å². The van der Waals surface area contributed by atoms with Gasteiger partial charge in [0.05, 0.1) is 13.2 Å². The van der Waals surface area contributed by atoms with Gasteiger partial charge in [-0.2, -0.15) is 5.10 Å². The number of hydrogen-bond acceptors (Lipinski definition) is 3. The summed E-state index contributed by atoms with van der Waals surface area (Å²) in [5.41, 5.74) is 7.15. The molecule has 0 aliphatic carbocycles. The highest BCUT2D eigenvalue weighted by atomic mass is 16.5. The summed E-state index contributed by atoms with van der Waals surface area (Å²) in [5.74, 6) is 0.834. The summed E-state index contributed by atoms with van der Waals surface area (Å²) in [5, 5.41) is 4.27. The minimum Gasteiger partial charge on any atom is -0.497 e. The molecule has 4 nitrogen and oxygen atoms in total. The molecule has 2 rings (SSSR count). The fourth-order valence-corrected chi connectivity index (χ4v) is 1.97. The third-order valence-electron chi connectivity index (χ3n) is 2.74. The van der Waals surface area contributed by atoms with Crippen molar-refractivity contribution in [3.63, 3.8) is 0 Å². The van der Waals surface area contributed by atoms with Gasteiger partial charge in [0, 0.05) is 18.4 Å². The molecule has 1 aromatic heterocycles. The monoisotopic (exact) mass is 231 g/mol. The van der Waals surface area contributed by atoms with Crippen LogP contribution in [0.15, 0.2) is 42.7 Å². The number of ether oxygens (including phenoxy) is 1. The highest BCUT2D eigenvalue weighted by Gasteiger charge is 2.18. The van der Waals surface area contributed by atoms with Gasteiger partial charge in [0.1, 0.15) is 5.75 Å². The van der Waals surface area contributed by atoms with Gasteiger partial charge in [0.2, 0.25) is 0 Å². The summed E-state index contributed by atoms with van der Waals surface area (Å²) in [6.45, 7) is 1.98. The van der Waals surface area contributed by atoms with Gasteiger partial charge in [0.15, 0.2) is 0 Å². The van der Waals surface area contributed by atoms with Crippen LogP contribution in [-0.4, -0.2) is 22.9 Å². The molecule has 0 aliphatic heterocycles. The molecule has 2 atom stereocenters. The first kappa shape index (κ1) is 11.7. The Hall–Kier alpha value is -1.81. The second-order valence-corrected chi connectivity index (χ2v) is 4.07. The van der Waals surface area contributed by atoms with Crippen molar-refractivity contribution in [3.05, 3.63) is 48.3 Å². The second-order valence-electron chi connectivity index (χ2n) is 4.07. The van der Waals surface area contributed by atoms with Crippen LogP contribution < -0.4 is 10.5 Å². The Kier molecular flexibility index (Phi) is 3.44. The SMILES string of the molecule is COc1cccc(C(C(C)N)n2cccn2)c1. The van der Waals surface area contributed by atoms with Crippen molar-refractivity contribution in [1.82, 2.24) is 9.78 Å². The van der Waals surface area contributed by atoms with Crippen LogP contribution in [-0.2, 0) is 0 Å². The van der Waals surface area contributed by atoms with Crippen LogP contribution in [0.2, 0.25) is 0 Å². The van der Waals surface area contributed by atoms with E-state index in [9.17, 15) is 0 Å². The standard InChI is InChI=1S/C13H17N3O/c1-10(14)13(16-8-4-7-15-16)11-5-3-6-12(9-11)17-2/h3-10,13H,14H2,1-2H3. The maximum Gasteiger partial charge on any atom is 0.119 e. The molecule has 0 saturated heterocycles. The molecule has 0 aliphatic rings. The van der Waals surface area contributed by atoms with Gasteiger partial charge in [-0.1, -0.05) is 12.1 Å². The van der Waals surface area contributed by atoms with Gasteiger partial charge in [0.25, 0.3) is 0 Å². The molecule has 90 valence electrons. The van der Waals surface area contributed by atoms with E-state index in [2.05, 4.69) is 5.10 Å². The lowest BCUT2D eigenvalue weighted by molar-refractivity contribution is 0.409. The quantitative estimate of drug-likeness (QED) is 0.873. The number of rotatable bonds is 4. The normalized spacial score (nSPS) is 14.3. The van der Waals surface area contributed by atoms with Crippen LogP contribution in [0.1, 0.15) is 18.5 Å². The van der Waals surface area contributed by atoms with Crippen LogP contribution in [0.25, 0.3) is 0 Å². The number of aromatic nitrogens is 2. The number of benzene rings is 1. The van der Waals surface area contributed by atoms with Crippen molar-refractivity contribution in [2.45, 2.75) is 19.0 Å². The summed E-state index contributed by atoms with van der Waals surface area (Å²) in [6.07, 6.45) is 3.68. The third kappa shape index (κ3) is 2.47. The number of hydrogen-bond donors (Lipinski definition) is 1. The molecule has 2 aromatic rings. The van der Waals surface area contributed by atoms with Crippen molar-refractivity contribution in [3.8, 4) is 5.75 Å². The molecule has 1 heterocycles. The fraction of sp³-hybridized carbons (Fsp3) is 0.308. The highest BCUT2D eigenvalue weighted by Crippen LogP contribution is 2.23. The molecule has 2 N–H and O–H groups in total. The van der Waals surface area contributed by atoms with Crippen LogP contribution in [0.5, 0.6) is 5.75 Å². The summed E-state index contributed by atoms with van der Waals surface area (Å²) in [6, 6.07) is 9.82. The molecular formula is C13H17N3O. The average molecular weight is 231 g/mol. The Bertz CT molecular complexity index is 465. The molecule has 0 bridgehead atoms.